The van der Waals surface area contributed by atoms with E-state index < -0.39 is 5.91 Å². The van der Waals surface area contributed by atoms with Gasteiger partial charge in [0.25, 0.3) is 5.91 Å². The number of hydrogen-bond acceptors (Lipinski definition) is 4. The highest BCUT2D eigenvalue weighted by atomic mass is 16.5. The van der Waals surface area contributed by atoms with E-state index in [1.54, 1.807) is 13.1 Å². The zero-order valence-electron chi connectivity index (χ0n) is 16.8. The fourth-order valence-electron chi connectivity index (χ4n) is 3.39. The van der Waals surface area contributed by atoms with Crippen LogP contribution in [0.4, 0.5) is 5.69 Å². The van der Waals surface area contributed by atoms with E-state index in [0.717, 1.165) is 37.5 Å². The first-order valence-electron chi connectivity index (χ1n) is 9.91. The Balaban J connectivity index is 1.45. The summed E-state index contributed by atoms with van der Waals surface area (Å²) in [7, 11) is 1.78. The van der Waals surface area contributed by atoms with Crippen molar-refractivity contribution in [3.63, 3.8) is 0 Å². The Morgan fingerprint density at radius 1 is 1.17 bits per heavy atom. The minimum atomic E-state index is -0.489. The zero-order valence-corrected chi connectivity index (χ0v) is 16.8. The van der Waals surface area contributed by atoms with E-state index in [1.807, 2.05) is 24.3 Å². The highest BCUT2D eigenvalue weighted by Gasteiger charge is 2.20. The second kappa shape index (κ2) is 10.4. The van der Waals surface area contributed by atoms with Gasteiger partial charge in [0.1, 0.15) is 5.75 Å². The lowest BCUT2D eigenvalue weighted by atomic mass is 10.0. The molecule has 0 radical (unpaired) electrons. The molecule has 4 N–H and O–H groups in total. The van der Waals surface area contributed by atoms with Crippen molar-refractivity contribution >= 4 is 17.6 Å². The number of guanidine groups is 1. The van der Waals surface area contributed by atoms with Gasteiger partial charge in [0.2, 0.25) is 0 Å². The molecule has 1 amide bonds. The van der Waals surface area contributed by atoms with Crippen molar-refractivity contribution in [2.75, 3.05) is 31.6 Å². The van der Waals surface area contributed by atoms with Crippen LogP contribution in [0.15, 0.2) is 59.6 Å². The van der Waals surface area contributed by atoms with Crippen LogP contribution in [0.5, 0.6) is 5.75 Å². The third kappa shape index (κ3) is 6.41. The van der Waals surface area contributed by atoms with Gasteiger partial charge in [-0.25, -0.2) is 0 Å². The standard InChI is InChI=1S/C22H29N5O2/c1-24-22(25-15-17-6-5-9-20(14-17)29-16-21(23)28)26-18-10-12-27(13-11-18)19-7-3-2-4-8-19/h2-9,14,18H,10-13,15-16H2,1H3,(H2,23,28)(H2,24,25,26). The van der Waals surface area contributed by atoms with Gasteiger partial charge in [-0.1, -0.05) is 30.3 Å². The fraction of sp³-hybridized carbons (Fsp3) is 0.364. The minimum Gasteiger partial charge on any atom is -0.484 e. The summed E-state index contributed by atoms with van der Waals surface area (Å²) in [6, 6.07) is 18.5. The third-order valence-corrected chi connectivity index (χ3v) is 4.92. The van der Waals surface area contributed by atoms with Crippen molar-refractivity contribution in [2.24, 2.45) is 10.7 Å². The SMILES string of the molecule is CN=C(NCc1cccc(OCC(N)=O)c1)NC1CCN(c2ccccc2)CC1. The van der Waals surface area contributed by atoms with Crippen LogP contribution in [0.25, 0.3) is 0 Å². The van der Waals surface area contributed by atoms with Crippen molar-refractivity contribution < 1.29 is 9.53 Å². The molecule has 0 aliphatic carbocycles. The van der Waals surface area contributed by atoms with Gasteiger partial charge < -0.3 is 26.0 Å². The monoisotopic (exact) mass is 395 g/mol. The molecular weight excluding hydrogens is 366 g/mol. The van der Waals surface area contributed by atoms with E-state index in [9.17, 15) is 4.79 Å². The van der Waals surface area contributed by atoms with E-state index in [1.165, 1.54) is 5.69 Å². The number of benzene rings is 2. The Morgan fingerprint density at radius 3 is 2.62 bits per heavy atom. The normalized spacial score (nSPS) is 15.1. The van der Waals surface area contributed by atoms with Crippen LogP contribution in [-0.4, -0.2) is 44.7 Å². The quantitative estimate of drug-likeness (QED) is 0.492. The summed E-state index contributed by atoms with van der Waals surface area (Å²) < 4.78 is 5.36. The number of rotatable bonds is 7. The van der Waals surface area contributed by atoms with Crippen molar-refractivity contribution in [3.05, 3.63) is 60.2 Å². The molecule has 0 unspecified atom stereocenters. The molecule has 0 atom stereocenters. The summed E-state index contributed by atoms with van der Waals surface area (Å²) in [4.78, 5) is 17.6. The number of nitrogens with two attached hydrogens (primary N) is 1. The highest BCUT2D eigenvalue weighted by molar-refractivity contribution is 5.80. The smallest absolute Gasteiger partial charge is 0.255 e. The predicted octanol–water partition coefficient (Wildman–Crippen LogP) is 1.88. The van der Waals surface area contributed by atoms with Gasteiger partial charge in [0, 0.05) is 38.4 Å². The Kier molecular flexibility index (Phi) is 7.33. The molecule has 1 heterocycles. The molecule has 7 nitrogen and oxygen atoms in total. The average Bonchev–Trinajstić information content (AvgIpc) is 2.76. The Hall–Kier alpha value is -3.22. The molecule has 1 saturated heterocycles. The summed E-state index contributed by atoms with van der Waals surface area (Å²) in [6.07, 6.45) is 2.12. The zero-order chi connectivity index (χ0) is 20.5. The van der Waals surface area contributed by atoms with Gasteiger partial charge in [-0.05, 0) is 42.7 Å². The first kappa shape index (κ1) is 20.5. The predicted molar refractivity (Wildman–Crippen MR) is 116 cm³/mol. The molecule has 3 rings (SSSR count). The number of aliphatic imine (C=N–C) groups is 1. The molecule has 154 valence electrons. The number of nitrogens with one attached hydrogen (secondary N) is 2. The van der Waals surface area contributed by atoms with Gasteiger partial charge in [0.15, 0.2) is 12.6 Å². The average molecular weight is 396 g/mol. The number of ether oxygens (including phenoxy) is 1. The number of carbonyl (C=O) groups is 1. The Morgan fingerprint density at radius 2 is 1.93 bits per heavy atom. The second-order valence-electron chi connectivity index (χ2n) is 7.07. The lowest BCUT2D eigenvalue weighted by molar-refractivity contribution is -0.119. The lowest BCUT2D eigenvalue weighted by Crippen LogP contribution is -2.48. The maximum atomic E-state index is 10.9. The van der Waals surface area contributed by atoms with E-state index in [-0.39, 0.29) is 6.61 Å². The number of hydrogen-bond donors (Lipinski definition) is 3. The maximum Gasteiger partial charge on any atom is 0.255 e. The van der Waals surface area contributed by atoms with Crippen LogP contribution >= 0.6 is 0 Å². The summed E-state index contributed by atoms with van der Waals surface area (Å²) in [5, 5.41) is 6.87. The number of primary amides is 1. The van der Waals surface area contributed by atoms with E-state index >= 15 is 0 Å². The van der Waals surface area contributed by atoms with Crippen LogP contribution in [0.3, 0.4) is 0 Å². The number of piperidine rings is 1. The molecule has 1 aliphatic heterocycles. The summed E-state index contributed by atoms with van der Waals surface area (Å²) >= 11 is 0. The number of amides is 1. The molecular formula is C22H29N5O2. The number of para-hydroxylation sites is 1. The third-order valence-electron chi connectivity index (χ3n) is 4.92. The van der Waals surface area contributed by atoms with Crippen LogP contribution in [-0.2, 0) is 11.3 Å². The van der Waals surface area contributed by atoms with Crippen molar-refractivity contribution in [1.82, 2.24) is 10.6 Å². The van der Waals surface area contributed by atoms with E-state index in [4.69, 9.17) is 10.5 Å². The second-order valence-corrected chi connectivity index (χ2v) is 7.07. The molecule has 2 aromatic carbocycles. The first-order chi connectivity index (χ1) is 14.1. The number of anilines is 1. The van der Waals surface area contributed by atoms with Crippen LogP contribution < -0.4 is 26.0 Å². The molecule has 7 heteroatoms. The molecule has 1 fully saturated rings. The summed E-state index contributed by atoms with van der Waals surface area (Å²) in [6.45, 7) is 2.54. The lowest BCUT2D eigenvalue weighted by Gasteiger charge is -2.34. The molecule has 0 spiro atoms. The topological polar surface area (TPSA) is 92.0 Å². The maximum absolute atomic E-state index is 10.9. The molecule has 0 saturated carbocycles. The van der Waals surface area contributed by atoms with Gasteiger partial charge in [-0.3, -0.25) is 9.79 Å². The van der Waals surface area contributed by atoms with Crippen LogP contribution in [0.2, 0.25) is 0 Å². The van der Waals surface area contributed by atoms with E-state index in [0.29, 0.717) is 18.3 Å². The van der Waals surface area contributed by atoms with Crippen LogP contribution in [0.1, 0.15) is 18.4 Å². The highest BCUT2D eigenvalue weighted by Crippen LogP contribution is 2.19. The largest absolute Gasteiger partial charge is 0.484 e. The Bertz CT molecular complexity index is 817. The van der Waals surface area contributed by atoms with Gasteiger partial charge in [0.05, 0.1) is 0 Å². The first-order valence-corrected chi connectivity index (χ1v) is 9.91. The Labute approximate surface area is 172 Å². The number of carbonyl (C=O) groups excluding carboxylic acids is 1. The van der Waals surface area contributed by atoms with Crippen molar-refractivity contribution in [1.29, 1.82) is 0 Å². The molecule has 0 bridgehead atoms. The van der Waals surface area contributed by atoms with Crippen molar-refractivity contribution in [3.8, 4) is 5.75 Å². The van der Waals surface area contributed by atoms with Crippen molar-refractivity contribution in [2.45, 2.75) is 25.4 Å². The summed E-state index contributed by atoms with van der Waals surface area (Å²) in [5.41, 5.74) is 7.44. The molecule has 2 aromatic rings. The van der Waals surface area contributed by atoms with Gasteiger partial charge in [-0.2, -0.15) is 0 Å². The number of nitrogens with zero attached hydrogens (tertiary/aromatic N) is 2. The van der Waals surface area contributed by atoms with E-state index in [2.05, 4.69) is 44.8 Å². The molecule has 1 aliphatic rings. The molecule has 29 heavy (non-hydrogen) atoms. The fourth-order valence-corrected chi connectivity index (χ4v) is 3.39. The molecule has 0 aromatic heterocycles. The van der Waals surface area contributed by atoms with Gasteiger partial charge >= 0.3 is 0 Å². The van der Waals surface area contributed by atoms with Gasteiger partial charge in [-0.15, -0.1) is 0 Å². The van der Waals surface area contributed by atoms with Crippen LogP contribution in [0, 0.1) is 0 Å². The minimum absolute atomic E-state index is 0.123. The summed E-state index contributed by atoms with van der Waals surface area (Å²) in [5.74, 6) is 0.919.